The van der Waals surface area contributed by atoms with Crippen molar-refractivity contribution in [2.24, 2.45) is 0 Å². The van der Waals surface area contributed by atoms with Crippen LogP contribution in [0.15, 0.2) is 42.5 Å². The Kier molecular flexibility index (Phi) is 4.12. The van der Waals surface area contributed by atoms with Gasteiger partial charge in [-0.25, -0.2) is 0 Å². The Balaban J connectivity index is 1.53. The van der Waals surface area contributed by atoms with Crippen molar-refractivity contribution < 1.29 is 23.8 Å². The smallest absolute Gasteiger partial charge is 0.267 e. The third-order valence-corrected chi connectivity index (χ3v) is 4.26. The maximum atomic E-state index is 12.7. The Hall–Kier alpha value is -3.22. The van der Waals surface area contributed by atoms with Crippen LogP contribution in [0.3, 0.4) is 0 Å². The van der Waals surface area contributed by atoms with Crippen molar-refractivity contribution in [2.45, 2.75) is 13.0 Å². The highest BCUT2D eigenvalue weighted by Crippen LogP contribution is 2.35. The third kappa shape index (κ3) is 3.03. The van der Waals surface area contributed by atoms with Crippen LogP contribution in [-0.2, 0) is 9.59 Å². The number of anilines is 2. The predicted molar refractivity (Wildman–Crippen MR) is 94.9 cm³/mol. The number of hydrogen-bond acceptors (Lipinski definition) is 5. The average molecular weight is 354 g/mol. The molecule has 7 heteroatoms. The van der Waals surface area contributed by atoms with Gasteiger partial charge in [0, 0.05) is 18.7 Å². The summed E-state index contributed by atoms with van der Waals surface area (Å²) in [4.78, 5) is 26.2. The highest BCUT2D eigenvalue weighted by atomic mass is 16.6. The molecule has 1 unspecified atom stereocenters. The Bertz CT molecular complexity index is 867. The zero-order chi connectivity index (χ0) is 18.1. The summed E-state index contributed by atoms with van der Waals surface area (Å²) in [6, 6.07) is 12.4. The van der Waals surface area contributed by atoms with E-state index in [9.17, 15) is 9.59 Å². The van der Waals surface area contributed by atoms with Crippen molar-refractivity contribution in [3.05, 3.63) is 42.5 Å². The second-order valence-corrected chi connectivity index (χ2v) is 6.05. The van der Waals surface area contributed by atoms with Crippen LogP contribution in [0.4, 0.5) is 11.4 Å². The second-order valence-electron chi connectivity index (χ2n) is 6.05. The summed E-state index contributed by atoms with van der Waals surface area (Å²) in [7, 11) is 0. The Morgan fingerprint density at radius 2 is 1.81 bits per heavy atom. The summed E-state index contributed by atoms with van der Waals surface area (Å²) in [5, 5.41) is 2.81. The number of benzene rings is 2. The van der Waals surface area contributed by atoms with Crippen molar-refractivity contribution in [3.63, 3.8) is 0 Å². The van der Waals surface area contributed by atoms with Crippen LogP contribution in [-0.4, -0.2) is 37.7 Å². The molecule has 0 fully saturated rings. The number of nitrogens with one attached hydrogen (secondary N) is 1. The number of amides is 2. The highest BCUT2D eigenvalue weighted by Gasteiger charge is 2.32. The molecule has 2 aliphatic heterocycles. The SMILES string of the molecule is CC(=O)N1CC(C(=O)Nc2ccc3c(c2)OCCO3)Oc2ccccc21. The van der Waals surface area contributed by atoms with Gasteiger partial charge < -0.3 is 24.4 Å². The molecule has 2 aliphatic rings. The van der Waals surface area contributed by atoms with E-state index < -0.39 is 6.10 Å². The van der Waals surface area contributed by atoms with Crippen LogP contribution >= 0.6 is 0 Å². The number of rotatable bonds is 2. The molecule has 7 nitrogen and oxygen atoms in total. The Morgan fingerprint density at radius 3 is 2.62 bits per heavy atom. The van der Waals surface area contributed by atoms with Gasteiger partial charge in [0.1, 0.15) is 19.0 Å². The molecule has 134 valence electrons. The fourth-order valence-electron chi connectivity index (χ4n) is 3.01. The number of ether oxygens (including phenoxy) is 3. The Labute approximate surface area is 150 Å². The maximum absolute atomic E-state index is 12.7. The van der Waals surface area contributed by atoms with Crippen LogP contribution in [0, 0.1) is 0 Å². The predicted octanol–water partition coefficient (Wildman–Crippen LogP) is 2.21. The van der Waals surface area contributed by atoms with Gasteiger partial charge in [-0.05, 0) is 24.3 Å². The van der Waals surface area contributed by atoms with Crippen LogP contribution in [0.25, 0.3) is 0 Å². The van der Waals surface area contributed by atoms with Gasteiger partial charge in [-0.1, -0.05) is 12.1 Å². The zero-order valence-electron chi connectivity index (χ0n) is 14.2. The fraction of sp³-hybridized carbons (Fsp3) is 0.263. The number of carbonyl (C=O) groups is 2. The summed E-state index contributed by atoms with van der Waals surface area (Å²) in [6.45, 7) is 2.61. The average Bonchev–Trinajstić information content (AvgIpc) is 2.66. The van der Waals surface area contributed by atoms with Gasteiger partial charge in [-0.2, -0.15) is 0 Å². The van der Waals surface area contributed by atoms with E-state index in [2.05, 4.69) is 5.32 Å². The van der Waals surface area contributed by atoms with E-state index in [-0.39, 0.29) is 18.4 Å². The number of fused-ring (bicyclic) bond motifs is 2. The van der Waals surface area contributed by atoms with Gasteiger partial charge in [-0.3, -0.25) is 9.59 Å². The minimum absolute atomic E-state index is 0.141. The number of carbonyl (C=O) groups excluding carboxylic acids is 2. The van der Waals surface area contributed by atoms with Crippen LogP contribution in [0.1, 0.15) is 6.92 Å². The molecule has 0 saturated heterocycles. The number of hydrogen-bond donors (Lipinski definition) is 1. The molecule has 1 N–H and O–H groups in total. The first-order chi connectivity index (χ1) is 12.6. The standard InChI is InChI=1S/C19H18N2O5/c1-12(22)21-11-18(26-15-5-3-2-4-14(15)21)19(23)20-13-6-7-16-17(10-13)25-9-8-24-16/h2-7,10,18H,8-9,11H2,1H3,(H,20,23). The summed E-state index contributed by atoms with van der Waals surface area (Å²) in [5.41, 5.74) is 1.25. The molecule has 0 aliphatic carbocycles. The summed E-state index contributed by atoms with van der Waals surface area (Å²) >= 11 is 0. The topological polar surface area (TPSA) is 77.1 Å². The first-order valence-electron chi connectivity index (χ1n) is 8.36. The highest BCUT2D eigenvalue weighted by molar-refractivity contribution is 5.99. The van der Waals surface area contributed by atoms with Gasteiger partial charge >= 0.3 is 0 Å². The van der Waals surface area contributed by atoms with E-state index in [0.717, 1.165) is 0 Å². The molecular weight excluding hydrogens is 336 g/mol. The van der Waals surface area contributed by atoms with Gasteiger partial charge in [0.2, 0.25) is 5.91 Å². The molecule has 2 heterocycles. The summed E-state index contributed by atoms with van der Waals surface area (Å²) < 4.78 is 16.8. The van der Waals surface area contributed by atoms with E-state index in [0.29, 0.717) is 41.8 Å². The quantitative estimate of drug-likeness (QED) is 0.895. The fourth-order valence-corrected chi connectivity index (χ4v) is 3.01. The normalized spacial score (nSPS) is 17.7. The lowest BCUT2D eigenvalue weighted by molar-refractivity contribution is -0.123. The molecule has 0 bridgehead atoms. The van der Waals surface area contributed by atoms with Crippen molar-refractivity contribution in [3.8, 4) is 17.2 Å². The van der Waals surface area contributed by atoms with Crippen LogP contribution in [0.2, 0.25) is 0 Å². The van der Waals surface area contributed by atoms with E-state index >= 15 is 0 Å². The zero-order valence-corrected chi connectivity index (χ0v) is 14.2. The van der Waals surface area contributed by atoms with E-state index in [4.69, 9.17) is 14.2 Å². The molecule has 1 atom stereocenters. The van der Waals surface area contributed by atoms with Crippen molar-refractivity contribution in [1.29, 1.82) is 0 Å². The second kappa shape index (κ2) is 6.59. The van der Waals surface area contributed by atoms with Crippen LogP contribution in [0.5, 0.6) is 17.2 Å². The van der Waals surface area contributed by atoms with E-state index in [1.165, 1.54) is 6.92 Å². The molecule has 0 radical (unpaired) electrons. The summed E-state index contributed by atoms with van der Waals surface area (Å²) in [5.74, 6) is 1.28. The van der Waals surface area contributed by atoms with Crippen molar-refractivity contribution in [2.75, 3.05) is 30.0 Å². The number of nitrogens with zero attached hydrogens (tertiary/aromatic N) is 1. The lowest BCUT2D eigenvalue weighted by atomic mass is 10.1. The Morgan fingerprint density at radius 1 is 1.04 bits per heavy atom. The van der Waals surface area contributed by atoms with Crippen molar-refractivity contribution in [1.82, 2.24) is 0 Å². The molecule has 2 amide bonds. The molecule has 0 spiro atoms. The van der Waals surface area contributed by atoms with Crippen LogP contribution < -0.4 is 24.4 Å². The van der Waals surface area contributed by atoms with Gasteiger partial charge in [0.05, 0.1) is 12.2 Å². The van der Waals surface area contributed by atoms with E-state index in [1.54, 1.807) is 41.3 Å². The van der Waals surface area contributed by atoms with E-state index in [1.807, 2.05) is 6.07 Å². The molecular formula is C19H18N2O5. The van der Waals surface area contributed by atoms with Crippen molar-refractivity contribution >= 4 is 23.2 Å². The third-order valence-electron chi connectivity index (χ3n) is 4.26. The molecule has 26 heavy (non-hydrogen) atoms. The summed E-state index contributed by atoms with van der Waals surface area (Å²) in [6.07, 6.45) is -0.804. The molecule has 2 aromatic carbocycles. The van der Waals surface area contributed by atoms with Gasteiger partial charge in [0.25, 0.3) is 5.91 Å². The lowest BCUT2D eigenvalue weighted by Gasteiger charge is -2.33. The van der Waals surface area contributed by atoms with Gasteiger partial charge in [-0.15, -0.1) is 0 Å². The molecule has 4 rings (SSSR count). The monoisotopic (exact) mass is 354 g/mol. The van der Waals surface area contributed by atoms with Gasteiger partial charge in [0.15, 0.2) is 17.6 Å². The maximum Gasteiger partial charge on any atom is 0.267 e. The largest absolute Gasteiger partial charge is 0.486 e. The first-order valence-corrected chi connectivity index (χ1v) is 8.36. The number of para-hydroxylation sites is 2. The minimum atomic E-state index is -0.804. The molecule has 0 aromatic heterocycles. The lowest BCUT2D eigenvalue weighted by Crippen LogP contribution is -2.48. The minimum Gasteiger partial charge on any atom is -0.486 e. The first kappa shape index (κ1) is 16.3. The molecule has 2 aromatic rings. The molecule has 0 saturated carbocycles.